The van der Waals surface area contributed by atoms with Gasteiger partial charge in [0, 0.05) is 37.1 Å². The molecule has 0 spiro atoms. The second-order valence-electron chi connectivity index (χ2n) is 8.06. The summed E-state index contributed by atoms with van der Waals surface area (Å²) >= 11 is 0. The standard InChI is InChI=1S/C22H28N4O3/c1-15(27)23-16-5-6-20-18(13-16)19(22(28)29)14-21(24-20)26-11-7-17(8-12-26)25-9-3-2-4-10-25/h5-6,13-14,17H,2-4,7-12H2,1H3,(H,23,27)(H,28,29). The second-order valence-corrected chi connectivity index (χ2v) is 8.06. The van der Waals surface area contributed by atoms with Gasteiger partial charge in [-0.05, 0) is 63.0 Å². The summed E-state index contributed by atoms with van der Waals surface area (Å²) in [6.45, 7) is 5.62. The molecule has 0 saturated carbocycles. The fourth-order valence-corrected chi connectivity index (χ4v) is 4.58. The number of pyridine rings is 1. The number of hydrogen-bond donors (Lipinski definition) is 2. The molecule has 154 valence electrons. The average molecular weight is 396 g/mol. The number of rotatable bonds is 4. The van der Waals surface area contributed by atoms with Crippen molar-refractivity contribution < 1.29 is 14.7 Å². The van der Waals surface area contributed by atoms with Crippen LogP contribution in [0.15, 0.2) is 24.3 Å². The number of nitrogens with zero attached hydrogens (tertiary/aromatic N) is 3. The van der Waals surface area contributed by atoms with Crippen molar-refractivity contribution in [3.63, 3.8) is 0 Å². The van der Waals surface area contributed by atoms with Crippen molar-refractivity contribution in [1.29, 1.82) is 0 Å². The molecule has 0 radical (unpaired) electrons. The molecule has 0 unspecified atom stereocenters. The van der Waals surface area contributed by atoms with Crippen molar-refractivity contribution in [1.82, 2.24) is 9.88 Å². The Morgan fingerprint density at radius 1 is 1.07 bits per heavy atom. The predicted molar refractivity (Wildman–Crippen MR) is 114 cm³/mol. The number of benzene rings is 1. The van der Waals surface area contributed by atoms with Gasteiger partial charge in [-0.1, -0.05) is 6.42 Å². The summed E-state index contributed by atoms with van der Waals surface area (Å²) in [6.07, 6.45) is 6.12. The van der Waals surface area contributed by atoms with Gasteiger partial charge in [0.05, 0.1) is 11.1 Å². The normalized spacial score (nSPS) is 18.7. The highest BCUT2D eigenvalue weighted by Gasteiger charge is 2.27. The van der Waals surface area contributed by atoms with Crippen LogP contribution in [-0.4, -0.2) is 59.1 Å². The maximum absolute atomic E-state index is 11.9. The lowest BCUT2D eigenvalue weighted by Gasteiger charge is -2.40. The van der Waals surface area contributed by atoms with Crippen LogP contribution in [0.25, 0.3) is 10.9 Å². The van der Waals surface area contributed by atoms with Crippen molar-refractivity contribution in [3.8, 4) is 0 Å². The third kappa shape index (κ3) is 4.34. The summed E-state index contributed by atoms with van der Waals surface area (Å²) in [4.78, 5) is 32.8. The Hall–Kier alpha value is -2.67. The van der Waals surface area contributed by atoms with Crippen molar-refractivity contribution in [2.45, 2.75) is 45.1 Å². The van der Waals surface area contributed by atoms with Gasteiger partial charge in [0.2, 0.25) is 5.91 Å². The van der Waals surface area contributed by atoms with E-state index in [1.54, 1.807) is 24.3 Å². The minimum absolute atomic E-state index is 0.192. The van der Waals surface area contributed by atoms with E-state index in [-0.39, 0.29) is 11.5 Å². The number of carboxylic acids is 1. The molecular weight excluding hydrogens is 368 g/mol. The van der Waals surface area contributed by atoms with Crippen LogP contribution in [-0.2, 0) is 4.79 Å². The van der Waals surface area contributed by atoms with Gasteiger partial charge in [0.1, 0.15) is 5.82 Å². The van der Waals surface area contributed by atoms with Gasteiger partial charge in [0.25, 0.3) is 0 Å². The van der Waals surface area contributed by atoms with E-state index in [2.05, 4.69) is 15.1 Å². The van der Waals surface area contributed by atoms with Crippen LogP contribution in [0.2, 0.25) is 0 Å². The first kappa shape index (κ1) is 19.6. The first-order valence-corrected chi connectivity index (χ1v) is 10.5. The maximum atomic E-state index is 11.9. The summed E-state index contributed by atoms with van der Waals surface area (Å²) < 4.78 is 0. The van der Waals surface area contributed by atoms with Crippen molar-refractivity contribution in [2.24, 2.45) is 0 Å². The summed E-state index contributed by atoms with van der Waals surface area (Å²) in [6, 6.07) is 7.51. The third-order valence-corrected chi connectivity index (χ3v) is 6.04. The van der Waals surface area contributed by atoms with E-state index in [9.17, 15) is 14.7 Å². The van der Waals surface area contributed by atoms with Crippen LogP contribution in [0.3, 0.4) is 0 Å². The van der Waals surface area contributed by atoms with Gasteiger partial charge in [0.15, 0.2) is 0 Å². The molecule has 0 atom stereocenters. The zero-order valence-electron chi connectivity index (χ0n) is 16.9. The molecule has 0 aliphatic carbocycles. The number of piperidine rings is 2. The summed E-state index contributed by atoms with van der Waals surface area (Å²) in [5.74, 6) is -0.455. The molecule has 2 aliphatic heterocycles. The molecule has 2 fully saturated rings. The van der Waals surface area contributed by atoms with E-state index in [0.717, 1.165) is 31.7 Å². The molecule has 1 aromatic heterocycles. The second kappa shape index (κ2) is 8.37. The molecule has 4 rings (SSSR count). The molecule has 2 aromatic rings. The van der Waals surface area contributed by atoms with E-state index in [0.29, 0.717) is 22.6 Å². The van der Waals surface area contributed by atoms with Gasteiger partial charge < -0.3 is 20.2 Å². The molecule has 7 nitrogen and oxygen atoms in total. The van der Waals surface area contributed by atoms with E-state index >= 15 is 0 Å². The fraction of sp³-hybridized carbons (Fsp3) is 0.500. The highest BCUT2D eigenvalue weighted by Crippen LogP contribution is 2.29. The molecular formula is C22H28N4O3. The van der Waals surface area contributed by atoms with Crippen molar-refractivity contribution >= 4 is 34.3 Å². The van der Waals surface area contributed by atoms with E-state index in [4.69, 9.17) is 4.98 Å². The minimum Gasteiger partial charge on any atom is -0.478 e. The smallest absolute Gasteiger partial charge is 0.336 e. The Labute approximate surface area is 170 Å². The number of carboxylic acid groups (broad SMARTS) is 1. The Morgan fingerprint density at radius 3 is 2.45 bits per heavy atom. The molecule has 7 heteroatoms. The monoisotopic (exact) mass is 396 g/mol. The van der Waals surface area contributed by atoms with Gasteiger partial charge in [-0.15, -0.1) is 0 Å². The lowest BCUT2D eigenvalue weighted by molar-refractivity contribution is -0.114. The van der Waals surface area contributed by atoms with Crippen LogP contribution < -0.4 is 10.2 Å². The number of aromatic nitrogens is 1. The SMILES string of the molecule is CC(=O)Nc1ccc2nc(N3CCC(N4CCCCC4)CC3)cc(C(=O)O)c2c1. The zero-order valence-corrected chi connectivity index (χ0v) is 16.9. The number of nitrogens with one attached hydrogen (secondary N) is 1. The molecule has 3 heterocycles. The Morgan fingerprint density at radius 2 is 1.79 bits per heavy atom. The van der Waals surface area contributed by atoms with E-state index < -0.39 is 5.97 Å². The van der Waals surface area contributed by atoms with Crippen LogP contribution in [0.4, 0.5) is 11.5 Å². The summed E-state index contributed by atoms with van der Waals surface area (Å²) in [5, 5.41) is 13.0. The molecule has 1 amide bonds. The first-order chi connectivity index (χ1) is 14.0. The number of fused-ring (bicyclic) bond motifs is 1. The Kier molecular flexibility index (Phi) is 5.67. The van der Waals surface area contributed by atoms with Crippen molar-refractivity contribution in [2.75, 3.05) is 36.4 Å². The van der Waals surface area contributed by atoms with Crippen LogP contribution in [0, 0.1) is 0 Å². The van der Waals surface area contributed by atoms with Crippen LogP contribution in [0.5, 0.6) is 0 Å². The number of likely N-dealkylation sites (tertiary alicyclic amines) is 1. The molecule has 2 saturated heterocycles. The summed E-state index contributed by atoms with van der Waals surface area (Å²) in [5.41, 5.74) is 1.42. The highest BCUT2D eigenvalue weighted by atomic mass is 16.4. The van der Waals surface area contributed by atoms with E-state index in [1.165, 1.54) is 39.3 Å². The molecule has 0 bridgehead atoms. The van der Waals surface area contributed by atoms with Crippen LogP contribution in [0.1, 0.15) is 49.4 Å². The lowest BCUT2D eigenvalue weighted by Crippen LogP contribution is -2.47. The zero-order chi connectivity index (χ0) is 20.4. The third-order valence-electron chi connectivity index (χ3n) is 6.04. The number of aromatic carboxylic acids is 1. The molecule has 2 N–H and O–H groups in total. The highest BCUT2D eigenvalue weighted by molar-refractivity contribution is 6.05. The number of carbonyl (C=O) groups is 2. The van der Waals surface area contributed by atoms with Gasteiger partial charge in [-0.25, -0.2) is 9.78 Å². The fourth-order valence-electron chi connectivity index (χ4n) is 4.58. The molecule has 1 aromatic carbocycles. The topological polar surface area (TPSA) is 85.8 Å². The Balaban J connectivity index is 1.56. The van der Waals surface area contributed by atoms with Crippen LogP contribution >= 0.6 is 0 Å². The van der Waals surface area contributed by atoms with Gasteiger partial charge >= 0.3 is 5.97 Å². The number of amides is 1. The number of anilines is 2. The minimum atomic E-state index is -0.984. The lowest BCUT2D eigenvalue weighted by atomic mass is 9.99. The molecule has 29 heavy (non-hydrogen) atoms. The average Bonchev–Trinajstić information content (AvgIpc) is 2.73. The Bertz CT molecular complexity index is 916. The number of hydrogen-bond acceptors (Lipinski definition) is 5. The largest absolute Gasteiger partial charge is 0.478 e. The van der Waals surface area contributed by atoms with E-state index in [1.807, 2.05) is 0 Å². The predicted octanol–water partition coefficient (Wildman–Crippen LogP) is 3.35. The summed E-state index contributed by atoms with van der Waals surface area (Å²) in [7, 11) is 0. The van der Waals surface area contributed by atoms with Gasteiger partial charge in [-0.2, -0.15) is 0 Å². The van der Waals surface area contributed by atoms with Gasteiger partial charge in [-0.3, -0.25) is 4.79 Å². The number of carbonyl (C=O) groups excluding carboxylic acids is 1. The first-order valence-electron chi connectivity index (χ1n) is 10.5. The quantitative estimate of drug-likeness (QED) is 0.824. The maximum Gasteiger partial charge on any atom is 0.336 e. The molecule has 2 aliphatic rings. The van der Waals surface area contributed by atoms with Crippen molar-refractivity contribution in [3.05, 3.63) is 29.8 Å².